The highest BCUT2D eigenvalue weighted by molar-refractivity contribution is 5.97. The summed E-state index contributed by atoms with van der Waals surface area (Å²) in [6.45, 7) is 2.68. The van der Waals surface area contributed by atoms with E-state index in [4.69, 9.17) is 9.97 Å². The van der Waals surface area contributed by atoms with Gasteiger partial charge in [0.1, 0.15) is 11.9 Å². The average molecular weight is 443 g/mol. The van der Waals surface area contributed by atoms with Crippen molar-refractivity contribution in [1.82, 2.24) is 29.2 Å². The first-order valence-electron chi connectivity index (χ1n) is 11.4. The second-order valence-electron chi connectivity index (χ2n) is 9.07. The lowest BCUT2D eigenvalue weighted by Gasteiger charge is -2.33. The number of hydrogen-bond donors (Lipinski definition) is 1. The van der Waals surface area contributed by atoms with Gasteiger partial charge >= 0.3 is 0 Å². The molecule has 8 heteroatoms. The maximum atomic E-state index is 13.0. The Hall–Kier alpha value is -3.52. The monoisotopic (exact) mass is 442 g/mol. The summed E-state index contributed by atoms with van der Waals surface area (Å²) in [6.07, 6.45) is 7.92. The van der Waals surface area contributed by atoms with Crippen LogP contribution < -0.4 is 0 Å². The van der Waals surface area contributed by atoms with Gasteiger partial charge in [0.15, 0.2) is 0 Å². The Bertz CT molecular complexity index is 1380. The molecular weight excluding hydrogens is 416 g/mol. The molecule has 1 unspecified atom stereocenters. The molecule has 168 valence electrons. The molecule has 0 spiro atoms. The van der Waals surface area contributed by atoms with Gasteiger partial charge in [0.2, 0.25) is 5.91 Å². The molecule has 4 heterocycles. The minimum absolute atomic E-state index is 0.0445. The van der Waals surface area contributed by atoms with Crippen molar-refractivity contribution in [2.24, 2.45) is 7.05 Å². The number of hydrogen-bond acceptors (Lipinski definition) is 5. The number of rotatable bonds is 5. The quantitative estimate of drug-likeness (QED) is 0.512. The summed E-state index contributed by atoms with van der Waals surface area (Å²) in [5, 5.41) is 15.9. The van der Waals surface area contributed by atoms with Gasteiger partial charge in [-0.15, -0.1) is 0 Å². The Labute approximate surface area is 191 Å². The van der Waals surface area contributed by atoms with Crippen LogP contribution in [-0.4, -0.2) is 53.4 Å². The molecule has 3 aromatic heterocycles. The summed E-state index contributed by atoms with van der Waals surface area (Å²) in [4.78, 5) is 24.5. The van der Waals surface area contributed by atoms with E-state index in [0.717, 1.165) is 57.6 Å². The van der Waals surface area contributed by atoms with Crippen LogP contribution in [0.15, 0.2) is 42.9 Å². The van der Waals surface area contributed by atoms with Gasteiger partial charge < -0.3 is 14.6 Å². The third kappa shape index (κ3) is 3.24. The van der Waals surface area contributed by atoms with E-state index in [-0.39, 0.29) is 18.6 Å². The van der Waals surface area contributed by atoms with Crippen LogP contribution >= 0.6 is 0 Å². The summed E-state index contributed by atoms with van der Waals surface area (Å²) in [5.41, 5.74) is 4.85. The number of aromatic nitrogens is 5. The average Bonchev–Trinajstić information content (AvgIpc) is 3.46. The molecule has 0 radical (unpaired) electrons. The second-order valence-corrected chi connectivity index (χ2v) is 9.07. The summed E-state index contributed by atoms with van der Waals surface area (Å²) >= 11 is 0. The summed E-state index contributed by atoms with van der Waals surface area (Å²) in [6, 6.07) is 8.00. The van der Waals surface area contributed by atoms with Crippen molar-refractivity contribution < 1.29 is 9.90 Å². The van der Waals surface area contributed by atoms with Crippen molar-refractivity contribution in [3.63, 3.8) is 0 Å². The van der Waals surface area contributed by atoms with Crippen molar-refractivity contribution in [1.29, 1.82) is 0 Å². The molecule has 33 heavy (non-hydrogen) atoms. The number of fused-ring (bicyclic) bond motifs is 2. The molecule has 1 amide bonds. The van der Waals surface area contributed by atoms with Gasteiger partial charge in [-0.1, -0.05) is 18.2 Å². The first kappa shape index (κ1) is 20.1. The minimum Gasteiger partial charge on any atom is -0.395 e. The number of carbonyl (C=O) groups is 1. The normalized spacial score (nSPS) is 18.2. The lowest BCUT2D eigenvalue weighted by Crippen LogP contribution is -2.43. The van der Waals surface area contributed by atoms with Gasteiger partial charge in [0.05, 0.1) is 36.4 Å². The van der Waals surface area contributed by atoms with E-state index in [1.165, 1.54) is 0 Å². The molecule has 1 aliphatic heterocycles. The molecule has 1 atom stereocenters. The number of pyridine rings is 1. The molecule has 4 aromatic rings. The maximum Gasteiger partial charge on any atom is 0.245 e. The molecule has 6 rings (SSSR count). The van der Waals surface area contributed by atoms with E-state index < -0.39 is 0 Å². The van der Waals surface area contributed by atoms with Crippen LogP contribution in [0.2, 0.25) is 0 Å². The fourth-order valence-electron chi connectivity index (χ4n) is 4.95. The topological polar surface area (TPSA) is 89.1 Å². The molecule has 8 nitrogen and oxygen atoms in total. The van der Waals surface area contributed by atoms with Gasteiger partial charge in [0, 0.05) is 48.4 Å². The Balaban J connectivity index is 1.51. The predicted octanol–water partition coefficient (Wildman–Crippen LogP) is 3.27. The van der Waals surface area contributed by atoms with Crippen LogP contribution in [0.1, 0.15) is 43.2 Å². The van der Waals surface area contributed by atoms with Crippen molar-refractivity contribution in [2.45, 2.75) is 38.3 Å². The summed E-state index contributed by atoms with van der Waals surface area (Å²) in [5.74, 6) is 1.48. The van der Waals surface area contributed by atoms with E-state index in [1.807, 2.05) is 32.6 Å². The van der Waals surface area contributed by atoms with Gasteiger partial charge in [-0.25, -0.2) is 4.98 Å². The molecule has 2 aliphatic rings. The molecule has 1 aromatic carbocycles. The van der Waals surface area contributed by atoms with Gasteiger partial charge in [0.25, 0.3) is 0 Å². The lowest BCUT2D eigenvalue weighted by molar-refractivity contribution is -0.137. The Kier molecular flexibility index (Phi) is 4.58. The number of nitrogens with zero attached hydrogens (tertiary/aromatic N) is 6. The number of β-amino-alcohol motifs (C(OH)–C–C–N with tert-alkyl or cyclic N) is 1. The largest absolute Gasteiger partial charge is 0.395 e. The third-order valence-electron chi connectivity index (χ3n) is 6.77. The van der Waals surface area contributed by atoms with E-state index in [1.54, 1.807) is 9.58 Å². The van der Waals surface area contributed by atoms with Gasteiger partial charge in [-0.3, -0.25) is 14.5 Å². The Morgan fingerprint density at radius 3 is 2.79 bits per heavy atom. The number of imidazole rings is 1. The number of amides is 1. The standard InChI is InChI=1S/C25H26N6O2/c1-15-25(33)30(8-9-32)14-22-23(28-24(31(15)22)16-6-7-16)19-5-3-4-17-10-21(26-12-20(17)19)18-11-27-29(2)13-18/h3-5,10-13,15-16,32H,6-9,14H2,1-2H3. The highest BCUT2D eigenvalue weighted by Gasteiger charge is 2.39. The number of aliphatic hydroxyl groups is 1. The van der Waals surface area contributed by atoms with Crippen LogP contribution in [0.5, 0.6) is 0 Å². The fourth-order valence-corrected chi connectivity index (χ4v) is 4.95. The van der Waals surface area contributed by atoms with E-state index in [9.17, 15) is 9.90 Å². The SMILES string of the molecule is CC1C(=O)N(CCO)Cc2c(-c3cccc4cc(-c5cnn(C)c5)ncc34)nc(C3CC3)n21. The van der Waals surface area contributed by atoms with Crippen LogP contribution in [-0.2, 0) is 18.4 Å². The van der Waals surface area contributed by atoms with Crippen LogP contribution in [0.25, 0.3) is 33.3 Å². The Morgan fingerprint density at radius 1 is 1.21 bits per heavy atom. The number of aryl methyl sites for hydroxylation is 1. The molecule has 1 N–H and O–H groups in total. The molecule has 1 fully saturated rings. The molecule has 0 bridgehead atoms. The van der Waals surface area contributed by atoms with Gasteiger partial charge in [-0.2, -0.15) is 5.10 Å². The van der Waals surface area contributed by atoms with E-state index in [0.29, 0.717) is 19.0 Å². The predicted molar refractivity (Wildman–Crippen MR) is 124 cm³/mol. The first-order chi connectivity index (χ1) is 16.0. The molecule has 1 aliphatic carbocycles. The minimum atomic E-state index is -0.317. The zero-order valence-corrected chi connectivity index (χ0v) is 18.8. The smallest absolute Gasteiger partial charge is 0.245 e. The van der Waals surface area contributed by atoms with Crippen molar-refractivity contribution in [2.75, 3.05) is 13.2 Å². The number of aliphatic hydroxyl groups excluding tert-OH is 1. The highest BCUT2D eigenvalue weighted by atomic mass is 16.3. The van der Waals surface area contributed by atoms with Crippen LogP contribution in [0.3, 0.4) is 0 Å². The van der Waals surface area contributed by atoms with Crippen molar-refractivity contribution in [3.8, 4) is 22.5 Å². The molecular formula is C25H26N6O2. The molecule has 0 saturated heterocycles. The second kappa shape index (κ2) is 7.52. The summed E-state index contributed by atoms with van der Waals surface area (Å²) in [7, 11) is 1.90. The zero-order chi connectivity index (χ0) is 22.7. The zero-order valence-electron chi connectivity index (χ0n) is 18.8. The lowest BCUT2D eigenvalue weighted by atomic mass is 10.0. The summed E-state index contributed by atoms with van der Waals surface area (Å²) < 4.78 is 3.93. The number of benzene rings is 1. The number of carbonyl (C=O) groups excluding carboxylic acids is 1. The molecule has 1 saturated carbocycles. The Morgan fingerprint density at radius 2 is 2.06 bits per heavy atom. The van der Waals surface area contributed by atoms with Crippen molar-refractivity contribution in [3.05, 3.63) is 54.4 Å². The van der Waals surface area contributed by atoms with Crippen LogP contribution in [0.4, 0.5) is 0 Å². The van der Waals surface area contributed by atoms with E-state index >= 15 is 0 Å². The first-order valence-corrected chi connectivity index (χ1v) is 11.4. The van der Waals surface area contributed by atoms with Gasteiger partial charge in [-0.05, 0) is 31.2 Å². The maximum absolute atomic E-state index is 13.0. The fraction of sp³-hybridized carbons (Fsp3) is 0.360. The van der Waals surface area contributed by atoms with E-state index in [2.05, 4.69) is 33.9 Å². The van der Waals surface area contributed by atoms with Crippen molar-refractivity contribution >= 4 is 16.7 Å². The van der Waals surface area contributed by atoms with Crippen LogP contribution in [0, 0.1) is 0 Å². The third-order valence-corrected chi connectivity index (χ3v) is 6.77. The highest BCUT2D eigenvalue weighted by Crippen LogP contribution is 2.45.